The minimum Gasteiger partial charge on any atom is -0.550 e. The van der Waals surface area contributed by atoms with E-state index < -0.39 is 5.97 Å². The maximum Gasteiger partial charge on any atom is 0.0445 e. The van der Waals surface area contributed by atoms with Gasteiger partial charge in [0.1, 0.15) is 0 Å². The van der Waals surface area contributed by atoms with Gasteiger partial charge in [0.25, 0.3) is 0 Å². The molecule has 0 fully saturated rings. The first-order chi connectivity index (χ1) is 8.22. The first-order valence-corrected chi connectivity index (χ1v) is 7.43. The smallest absolute Gasteiger partial charge is 0.0445 e. The zero-order chi connectivity index (χ0) is 12.9. The summed E-state index contributed by atoms with van der Waals surface area (Å²) in [4.78, 5) is 11.0. The van der Waals surface area contributed by atoms with E-state index in [4.69, 9.17) is 0 Å². The van der Waals surface area contributed by atoms with Crippen molar-refractivity contribution in [2.45, 2.75) is 84.5 Å². The number of rotatable bonds is 12. The van der Waals surface area contributed by atoms with E-state index in [-0.39, 0.29) is 5.92 Å². The van der Waals surface area contributed by atoms with Crippen molar-refractivity contribution >= 4 is 5.97 Å². The van der Waals surface area contributed by atoms with Gasteiger partial charge in [0.15, 0.2) is 0 Å². The van der Waals surface area contributed by atoms with Gasteiger partial charge in [-0.05, 0) is 18.8 Å². The minimum absolute atomic E-state index is 0.200. The lowest BCUT2D eigenvalue weighted by atomic mass is 9.94. The van der Waals surface area contributed by atoms with Crippen LogP contribution in [0.2, 0.25) is 0 Å². The summed E-state index contributed by atoms with van der Waals surface area (Å²) in [5.41, 5.74) is 0. The first kappa shape index (κ1) is 16.5. The van der Waals surface area contributed by atoms with Crippen LogP contribution in [0.1, 0.15) is 84.5 Å². The second-order valence-corrected chi connectivity index (χ2v) is 5.07. The van der Waals surface area contributed by atoms with Gasteiger partial charge in [-0.2, -0.15) is 0 Å². The van der Waals surface area contributed by atoms with Crippen molar-refractivity contribution in [1.29, 1.82) is 0 Å². The third kappa shape index (κ3) is 10.3. The molecule has 1 unspecified atom stereocenters. The van der Waals surface area contributed by atoms with Gasteiger partial charge in [-0.25, -0.2) is 0 Å². The van der Waals surface area contributed by atoms with Gasteiger partial charge in [0, 0.05) is 5.97 Å². The molecule has 0 heterocycles. The van der Waals surface area contributed by atoms with Crippen LogP contribution in [0.15, 0.2) is 0 Å². The number of hydrogen-bond donors (Lipinski definition) is 0. The Labute approximate surface area is 107 Å². The van der Waals surface area contributed by atoms with Crippen molar-refractivity contribution < 1.29 is 9.90 Å². The second-order valence-electron chi connectivity index (χ2n) is 5.07. The van der Waals surface area contributed by atoms with Gasteiger partial charge in [0.05, 0.1) is 0 Å². The van der Waals surface area contributed by atoms with Crippen LogP contribution in [0, 0.1) is 5.92 Å². The van der Waals surface area contributed by atoms with E-state index in [2.05, 4.69) is 13.8 Å². The molecule has 0 aromatic rings. The molecule has 0 saturated carbocycles. The molecule has 0 amide bonds. The molecule has 0 aliphatic carbocycles. The zero-order valence-electron chi connectivity index (χ0n) is 11.7. The average Bonchev–Trinajstić information content (AvgIpc) is 2.31. The van der Waals surface area contributed by atoms with Gasteiger partial charge >= 0.3 is 0 Å². The van der Waals surface area contributed by atoms with Crippen molar-refractivity contribution in [1.82, 2.24) is 0 Å². The number of carboxylic acids is 1. The molecule has 0 rings (SSSR count). The third-order valence-corrected chi connectivity index (χ3v) is 3.40. The number of carbonyl (C=O) groups excluding carboxylic acids is 1. The van der Waals surface area contributed by atoms with Crippen LogP contribution < -0.4 is 5.11 Å². The van der Waals surface area contributed by atoms with Crippen molar-refractivity contribution in [3.05, 3.63) is 0 Å². The molecular formula is C15H29O2-. The Bertz CT molecular complexity index is 178. The topological polar surface area (TPSA) is 40.1 Å². The Morgan fingerprint density at radius 2 is 1.24 bits per heavy atom. The van der Waals surface area contributed by atoms with E-state index in [1.165, 1.54) is 38.5 Å². The van der Waals surface area contributed by atoms with Crippen molar-refractivity contribution in [3.8, 4) is 0 Å². The summed E-state index contributed by atoms with van der Waals surface area (Å²) >= 11 is 0. The normalized spacial score (nSPS) is 12.6. The summed E-state index contributed by atoms with van der Waals surface area (Å²) in [6.45, 7) is 4.36. The fourth-order valence-corrected chi connectivity index (χ4v) is 2.19. The lowest BCUT2D eigenvalue weighted by molar-refractivity contribution is -0.312. The van der Waals surface area contributed by atoms with Gasteiger partial charge in [-0.3, -0.25) is 0 Å². The van der Waals surface area contributed by atoms with E-state index >= 15 is 0 Å². The zero-order valence-corrected chi connectivity index (χ0v) is 11.7. The molecule has 0 saturated heterocycles. The largest absolute Gasteiger partial charge is 0.550 e. The number of hydrogen-bond acceptors (Lipinski definition) is 2. The van der Waals surface area contributed by atoms with Gasteiger partial charge in [-0.1, -0.05) is 71.6 Å². The SMILES string of the molecule is CCCCCCCC(CCCCCC)C(=O)[O-]. The quantitative estimate of drug-likeness (QED) is 0.489. The van der Waals surface area contributed by atoms with E-state index in [0.29, 0.717) is 0 Å². The molecule has 0 aromatic heterocycles. The van der Waals surface area contributed by atoms with Crippen LogP contribution in [-0.4, -0.2) is 5.97 Å². The number of aliphatic carboxylic acids is 1. The van der Waals surface area contributed by atoms with Crippen molar-refractivity contribution in [3.63, 3.8) is 0 Å². The van der Waals surface area contributed by atoms with Crippen LogP contribution in [-0.2, 0) is 4.79 Å². The monoisotopic (exact) mass is 241 g/mol. The lowest BCUT2D eigenvalue weighted by Crippen LogP contribution is -2.31. The molecular weight excluding hydrogens is 212 g/mol. The molecule has 0 radical (unpaired) electrons. The van der Waals surface area contributed by atoms with E-state index in [1.807, 2.05) is 0 Å². The highest BCUT2D eigenvalue weighted by atomic mass is 16.4. The maximum atomic E-state index is 11.0. The number of unbranched alkanes of at least 4 members (excludes halogenated alkanes) is 7. The first-order valence-electron chi connectivity index (χ1n) is 7.43. The summed E-state index contributed by atoms with van der Waals surface area (Å²) in [6, 6.07) is 0. The van der Waals surface area contributed by atoms with Gasteiger partial charge in [0.2, 0.25) is 0 Å². The van der Waals surface area contributed by atoms with Crippen LogP contribution in [0.25, 0.3) is 0 Å². The average molecular weight is 241 g/mol. The predicted octanol–water partition coefficient (Wildman–Crippen LogP) is 3.68. The summed E-state index contributed by atoms with van der Waals surface area (Å²) < 4.78 is 0. The summed E-state index contributed by atoms with van der Waals surface area (Å²) in [6.07, 6.45) is 12.2. The molecule has 102 valence electrons. The number of carbonyl (C=O) groups is 1. The summed E-state index contributed by atoms with van der Waals surface area (Å²) in [5.74, 6) is -1.04. The molecule has 2 heteroatoms. The molecule has 2 nitrogen and oxygen atoms in total. The molecule has 0 aromatic carbocycles. The van der Waals surface area contributed by atoms with Crippen molar-refractivity contribution in [2.75, 3.05) is 0 Å². The molecule has 17 heavy (non-hydrogen) atoms. The van der Waals surface area contributed by atoms with E-state index in [1.54, 1.807) is 0 Å². The van der Waals surface area contributed by atoms with Crippen LogP contribution in [0.3, 0.4) is 0 Å². The molecule has 0 bridgehead atoms. The summed E-state index contributed by atoms with van der Waals surface area (Å²) in [7, 11) is 0. The Hall–Kier alpha value is -0.530. The van der Waals surface area contributed by atoms with Gasteiger partial charge < -0.3 is 9.90 Å². The van der Waals surface area contributed by atoms with Crippen LogP contribution in [0.5, 0.6) is 0 Å². The number of carboxylic acid groups (broad SMARTS) is 1. The molecule has 0 aliphatic heterocycles. The third-order valence-electron chi connectivity index (χ3n) is 3.40. The summed E-state index contributed by atoms with van der Waals surface area (Å²) in [5, 5.41) is 11.0. The predicted molar refractivity (Wildman–Crippen MR) is 70.6 cm³/mol. The van der Waals surface area contributed by atoms with Crippen molar-refractivity contribution in [2.24, 2.45) is 5.92 Å². The second kappa shape index (κ2) is 11.9. The minimum atomic E-state index is -0.836. The fourth-order valence-electron chi connectivity index (χ4n) is 2.19. The molecule has 0 spiro atoms. The molecule has 0 aliphatic rings. The Balaban J connectivity index is 3.57. The molecule has 1 atom stereocenters. The van der Waals surface area contributed by atoms with Gasteiger partial charge in [-0.15, -0.1) is 0 Å². The van der Waals surface area contributed by atoms with Crippen LogP contribution >= 0.6 is 0 Å². The highest BCUT2D eigenvalue weighted by Crippen LogP contribution is 2.18. The maximum absolute atomic E-state index is 11.0. The Morgan fingerprint density at radius 1 is 0.824 bits per heavy atom. The highest BCUT2D eigenvalue weighted by molar-refractivity contribution is 5.67. The standard InChI is InChI=1S/C15H30O2/c1-3-5-7-9-11-13-14(15(16)17)12-10-8-6-4-2/h14H,3-13H2,1-2H3,(H,16,17)/p-1. The van der Waals surface area contributed by atoms with Crippen LogP contribution in [0.4, 0.5) is 0 Å². The lowest BCUT2D eigenvalue weighted by Gasteiger charge is -2.17. The Morgan fingerprint density at radius 3 is 1.65 bits per heavy atom. The van der Waals surface area contributed by atoms with E-state index in [9.17, 15) is 9.90 Å². The fraction of sp³-hybridized carbons (Fsp3) is 0.933. The Kier molecular flexibility index (Phi) is 11.6. The molecule has 0 N–H and O–H groups in total. The van der Waals surface area contributed by atoms with E-state index in [0.717, 1.165) is 32.1 Å². The highest BCUT2D eigenvalue weighted by Gasteiger charge is 2.09.